The molecule has 152 valence electrons. The number of nitrogens with one attached hydrogen (secondary N) is 2. The molecule has 0 aliphatic carbocycles. The molecule has 0 spiro atoms. The van der Waals surface area contributed by atoms with Gasteiger partial charge in [0.1, 0.15) is 5.69 Å². The predicted octanol–water partition coefficient (Wildman–Crippen LogP) is 2.28. The topological polar surface area (TPSA) is 105 Å². The standard InChI is InChI=1S/C21H24N4O4/c26-20(22-11-10-16-6-2-1-3-7-16)15-23-21(27)17-8-9-18(19(14-17)25(28)29)24-12-4-5-13-24/h1-3,6-9,14H,4-5,10-13,15H2,(H,22,26)(H,23,27). The zero-order valence-corrected chi connectivity index (χ0v) is 16.1. The lowest BCUT2D eigenvalue weighted by Gasteiger charge is -2.17. The molecule has 1 aliphatic heterocycles. The van der Waals surface area contributed by atoms with E-state index in [0.717, 1.165) is 31.5 Å². The van der Waals surface area contributed by atoms with Gasteiger partial charge in [0.05, 0.1) is 11.5 Å². The molecule has 29 heavy (non-hydrogen) atoms. The van der Waals surface area contributed by atoms with Crippen molar-refractivity contribution in [2.75, 3.05) is 31.1 Å². The van der Waals surface area contributed by atoms with Crippen LogP contribution in [0.3, 0.4) is 0 Å². The van der Waals surface area contributed by atoms with Crippen molar-refractivity contribution in [1.82, 2.24) is 10.6 Å². The maximum atomic E-state index is 12.3. The number of nitro benzene ring substituents is 1. The molecule has 8 heteroatoms. The van der Waals surface area contributed by atoms with Crippen LogP contribution in [0.15, 0.2) is 48.5 Å². The molecule has 2 aromatic carbocycles. The van der Waals surface area contributed by atoms with Crippen LogP contribution in [0.4, 0.5) is 11.4 Å². The summed E-state index contributed by atoms with van der Waals surface area (Å²) in [6.07, 6.45) is 2.70. The summed E-state index contributed by atoms with van der Waals surface area (Å²) in [6.45, 7) is 1.83. The highest BCUT2D eigenvalue weighted by Gasteiger charge is 2.23. The van der Waals surface area contributed by atoms with Gasteiger partial charge in [0.2, 0.25) is 5.91 Å². The molecule has 8 nitrogen and oxygen atoms in total. The SMILES string of the molecule is O=C(CNC(=O)c1ccc(N2CCCC2)c([N+](=O)[O-])c1)NCCc1ccccc1. The van der Waals surface area contributed by atoms with Crippen LogP contribution in [-0.2, 0) is 11.2 Å². The van der Waals surface area contributed by atoms with E-state index in [-0.39, 0.29) is 23.7 Å². The van der Waals surface area contributed by atoms with Gasteiger partial charge in [0, 0.05) is 31.3 Å². The average Bonchev–Trinajstić information content (AvgIpc) is 3.27. The minimum Gasteiger partial charge on any atom is -0.366 e. The third-order valence-corrected chi connectivity index (χ3v) is 4.87. The Kier molecular flexibility index (Phi) is 6.78. The minimum atomic E-state index is -0.515. The molecule has 0 atom stereocenters. The highest BCUT2D eigenvalue weighted by atomic mass is 16.6. The predicted molar refractivity (Wildman–Crippen MR) is 110 cm³/mol. The van der Waals surface area contributed by atoms with Gasteiger partial charge in [-0.2, -0.15) is 0 Å². The summed E-state index contributed by atoms with van der Waals surface area (Å²) in [4.78, 5) is 37.2. The second-order valence-electron chi connectivity index (χ2n) is 6.92. The van der Waals surface area contributed by atoms with Crippen LogP contribution in [-0.4, -0.2) is 42.9 Å². The van der Waals surface area contributed by atoms with Crippen molar-refractivity contribution >= 4 is 23.2 Å². The largest absolute Gasteiger partial charge is 0.366 e. The van der Waals surface area contributed by atoms with E-state index in [9.17, 15) is 19.7 Å². The molecule has 2 aromatic rings. The maximum absolute atomic E-state index is 12.3. The van der Waals surface area contributed by atoms with Gasteiger partial charge in [-0.3, -0.25) is 19.7 Å². The van der Waals surface area contributed by atoms with Crippen molar-refractivity contribution in [3.05, 3.63) is 69.8 Å². The molecule has 1 aliphatic rings. The molecule has 0 radical (unpaired) electrons. The summed E-state index contributed by atoms with van der Waals surface area (Å²) in [5.41, 5.74) is 1.72. The highest BCUT2D eigenvalue weighted by molar-refractivity contribution is 5.97. The molecule has 0 aromatic heterocycles. The summed E-state index contributed by atoms with van der Waals surface area (Å²) >= 11 is 0. The fraction of sp³-hybridized carbons (Fsp3) is 0.333. The first-order valence-electron chi connectivity index (χ1n) is 9.67. The minimum absolute atomic E-state index is 0.0909. The molecule has 0 unspecified atom stereocenters. The van der Waals surface area contributed by atoms with Crippen LogP contribution in [0.5, 0.6) is 0 Å². The third-order valence-electron chi connectivity index (χ3n) is 4.87. The van der Waals surface area contributed by atoms with Gasteiger partial charge in [0.25, 0.3) is 11.6 Å². The first-order valence-corrected chi connectivity index (χ1v) is 9.67. The fourth-order valence-corrected chi connectivity index (χ4v) is 3.35. The highest BCUT2D eigenvalue weighted by Crippen LogP contribution is 2.31. The maximum Gasteiger partial charge on any atom is 0.293 e. The van der Waals surface area contributed by atoms with E-state index in [1.165, 1.54) is 6.07 Å². The summed E-state index contributed by atoms with van der Waals surface area (Å²) < 4.78 is 0. The molecule has 2 amide bonds. The van der Waals surface area contributed by atoms with Crippen molar-refractivity contribution in [1.29, 1.82) is 0 Å². The molecule has 0 bridgehead atoms. The Hall–Kier alpha value is -3.42. The summed E-state index contributed by atoms with van der Waals surface area (Å²) in [5.74, 6) is -0.822. The van der Waals surface area contributed by atoms with E-state index in [4.69, 9.17) is 0 Å². The van der Waals surface area contributed by atoms with Crippen LogP contribution in [0, 0.1) is 10.1 Å². The number of nitrogens with zero attached hydrogens (tertiary/aromatic N) is 2. The number of nitro groups is 1. The first kappa shape index (κ1) is 20.3. The normalized spacial score (nSPS) is 13.2. The average molecular weight is 396 g/mol. The molecule has 1 saturated heterocycles. The Morgan fingerprint density at radius 3 is 2.45 bits per heavy atom. The number of hydrogen-bond acceptors (Lipinski definition) is 5. The quantitative estimate of drug-likeness (QED) is 0.526. The Balaban J connectivity index is 1.52. The number of rotatable bonds is 8. The van der Waals surface area contributed by atoms with Gasteiger partial charge < -0.3 is 15.5 Å². The molecule has 3 rings (SSSR count). The van der Waals surface area contributed by atoms with E-state index in [2.05, 4.69) is 10.6 Å². The van der Waals surface area contributed by atoms with Crippen LogP contribution < -0.4 is 15.5 Å². The van der Waals surface area contributed by atoms with Crippen LogP contribution in [0.25, 0.3) is 0 Å². The van der Waals surface area contributed by atoms with Gasteiger partial charge in [-0.05, 0) is 37.0 Å². The molecular formula is C21H24N4O4. The fourth-order valence-electron chi connectivity index (χ4n) is 3.35. The van der Waals surface area contributed by atoms with Gasteiger partial charge in [-0.1, -0.05) is 30.3 Å². The van der Waals surface area contributed by atoms with Gasteiger partial charge in [0.15, 0.2) is 0 Å². The van der Waals surface area contributed by atoms with Gasteiger partial charge in [-0.15, -0.1) is 0 Å². The molecule has 1 fully saturated rings. The van der Waals surface area contributed by atoms with E-state index >= 15 is 0 Å². The Morgan fingerprint density at radius 2 is 1.76 bits per heavy atom. The zero-order valence-electron chi connectivity index (χ0n) is 16.1. The smallest absolute Gasteiger partial charge is 0.293 e. The lowest BCUT2D eigenvalue weighted by Crippen LogP contribution is -2.37. The van der Waals surface area contributed by atoms with Crippen LogP contribution in [0.1, 0.15) is 28.8 Å². The lowest BCUT2D eigenvalue weighted by molar-refractivity contribution is -0.384. The number of amides is 2. The number of anilines is 1. The third kappa shape index (κ3) is 5.54. The number of carbonyl (C=O) groups excluding carboxylic acids is 2. The lowest BCUT2D eigenvalue weighted by atomic mass is 10.1. The zero-order chi connectivity index (χ0) is 20.6. The van der Waals surface area contributed by atoms with E-state index < -0.39 is 10.8 Å². The Morgan fingerprint density at radius 1 is 1.03 bits per heavy atom. The second kappa shape index (κ2) is 9.68. The summed E-state index contributed by atoms with van der Waals surface area (Å²) in [6, 6.07) is 14.2. The van der Waals surface area contributed by atoms with Gasteiger partial charge in [-0.25, -0.2) is 0 Å². The first-order chi connectivity index (χ1) is 14.0. The number of hydrogen-bond donors (Lipinski definition) is 2. The molecule has 2 N–H and O–H groups in total. The van der Waals surface area contributed by atoms with Crippen molar-refractivity contribution in [3.8, 4) is 0 Å². The molecule has 1 heterocycles. The van der Waals surface area contributed by atoms with E-state index in [0.29, 0.717) is 18.7 Å². The number of carbonyl (C=O) groups is 2. The monoisotopic (exact) mass is 396 g/mol. The number of benzene rings is 2. The van der Waals surface area contributed by atoms with Crippen molar-refractivity contribution in [2.24, 2.45) is 0 Å². The summed E-state index contributed by atoms with van der Waals surface area (Å²) in [7, 11) is 0. The van der Waals surface area contributed by atoms with E-state index in [1.807, 2.05) is 35.2 Å². The van der Waals surface area contributed by atoms with Crippen LogP contribution >= 0.6 is 0 Å². The van der Waals surface area contributed by atoms with E-state index in [1.54, 1.807) is 12.1 Å². The summed E-state index contributed by atoms with van der Waals surface area (Å²) in [5, 5.41) is 16.7. The van der Waals surface area contributed by atoms with Crippen molar-refractivity contribution in [3.63, 3.8) is 0 Å². The van der Waals surface area contributed by atoms with Crippen LogP contribution in [0.2, 0.25) is 0 Å². The Bertz CT molecular complexity index is 880. The van der Waals surface area contributed by atoms with Gasteiger partial charge >= 0.3 is 0 Å². The van der Waals surface area contributed by atoms with Crippen molar-refractivity contribution in [2.45, 2.75) is 19.3 Å². The molecular weight excluding hydrogens is 372 g/mol. The second-order valence-corrected chi connectivity index (χ2v) is 6.92. The Labute approximate surface area is 169 Å². The molecule has 0 saturated carbocycles. The van der Waals surface area contributed by atoms with Crippen molar-refractivity contribution < 1.29 is 14.5 Å².